The number of piperidine rings is 1. The predicted octanol–water partition coefficient (Wildman–Crippen LogP) is 0.185. The van der Waals surface area contributed by atoms with Gasteiger partial charge in [-0.2, -0.15) is 0 Å². The average Bonchev–Trinajstić information content (AvgIpc) is 2.86. The number of carbonyl (C=O) groups excluding carboxylic acids is 1. The number of rotatable bonds is 6. The van der Waals surface area contributed by atoms with E-state index in [1.807, 2.05) is 0 Å². The van der Waals surface area contributed by atoms with Gasteiger partial charge in [0.05, 0.1) is 42.8 Å². The quantitative estimate of drug-likeness (QED) is 0.185. The average molecular weight is 538 g/mol. The van der Waals surface area contributed by atoms with Gasteiger partial charge in [-0.25, -0.2) is 0 Å². The Morgan fingerprint density at radius 3 is 2.49 bits per heavy atom. The monoisotopic (exact) mass is 537 g/mol. The molecular weight excluding hydrogens is 490 g/mol. The zero-order valence-corrected chi connectivity index (χ0v) is 23.0. The molecule has 5 aliphatic rings. The van der Waals surface area contributed by atoms with Gasteiger partial charge in [-0.3, -0.25) is 14.6 Å². The second kappa shape index (κ2) is 12.6. The molecule has 0 aromatic heterocycles. The number of piperazine rings is 1. The van der Waals surface area contributed by atoms with Crippen LogP contribution >= 0.6 is 11.6 Å². The molecule has 0 aromatic rings. The summed E-state index contributed by atoms with van der Waals surface area (Å²) in [6, 6.07) is 0.847. The summed E-state index contributed by atoms with van der Waals surface area (Å²) in [6.07, 6.45) is 11.6. The van der Waals surface area contributed by atoms with Gasteiger partial charge in [-0.05, 0) is 37.6 Å². The number of nitrogens with one attached hydrogen (secondary N) is 3. The molecule has 4 heterocycles. The van der Waals surface area contributed by atoms with Crippen LogP contribution in [-0.4, -0.2) is 110 Å². The number of allylic oxidation sites excluding steroid dienone is 1. The molecule has 5 unspecified atom stereocenters. The molecule has 7 N–H and O–H groups in total. The molecule has 4 fully saturated rings. The largest absolute Gasteiger partial charge is 0.378 e. The van der Waals surface area contributed by atoms with Gasteiger partial charge in [0.15, 0.2) is 0 Å². The lowest BCUT2D eigenvalue weighted by Crippen LogP contribution is -2.66. The van der Waals surface area contributed by atoms with Gasteiger partial charge in [0.25, 0.3) is 0 Å². The van der Waals surface area contributed by atoms with Crippen LogP contribution in [0, 0.1) is 11.3 Å². The number of ether oxygens (including phenoxy) is 1. The minimum Gasteiger partial charge on any atom is -0.378 e. The van der Waals surface area contributed by atoms with E-state index < -0.39 is 12.1 Å². The highest BCUT2D eigenvalue weighted by atomic mass is 35.5. The third-order valence-corrected chi connectivity index (χ3v) is 9.89. The Hall–Kier alpha value is -0.780. The van der Waals surface area contributed by atoms with E-state index in [1.54, 1.807) is 0 Å². The Bertz CT molecular complexity index is 781. The van der Waals surface area contributed by atoms with Crippen LogP contribution in [0.15, 0.2) is 12.2 Å². The number of nitrogens with two attached hydrogens (primary N) is 2. The van der Waals surface area contributed by atoms with Crippen LogP contribution in [-0.2, 0) is 9.53 Å². The fourth-order valence-electron chi connectivity index (χ4n) is 7.30. The highest BCUT2D eigenvalue weighted by Gasteiger charge is 2.42. The first-order chi connectivity index (χ1) is 17.9. The number of hydrogen-bond donors (Lipinski definition) is 5. The lowest BCUT2D eigenvalue weighted by atomic mass is 9.67. The van der Waals surface area contributed by atoms with E-state index in [4.69, 9.17) is 27.8 Å². The highest BCUT2D eigenvalue weighted by Crippen LogP contribution is 2.43. The van der Waals surface area contributed by atoms with Gasteiger partial charge >= 0.3 is 0 Å². The van der Waals surface area contributed by atoms with Crippen molar-refractivity contribution in [1.82, 2.24) is 25.8 Å². The molecule has 10 heteroatoms. The maximum absolute atomic E-state index is 13.9. The van der Waals surface area contributed by atoms with Gasteiger partial charge in [-0.15, -0.1) is 11.6 Å². The number of hydrogen-bond acceptors (Lipinski definition) is 8. The zero-order valence-electron chi connectivity index (χ0n) is 22.3. The van der Waals surface area contributed by atoms with E-state index in [1.165, 1.54) is 19.3 Å². The third kappa shape index (κ3) is 6.69. The molecular formula is C27H48ClN7O2. The summed E-state index contributed by atoms with van der Waals surface area (Å²) in [4.78, 5) is 19.0. The smallest absolute Gasteiger partial charge is 0.227 e. The van der Waals surface area contributed by atoms with Crippen molar-refractivity contribution in [1.29, 1.82) is 0 Å². The van der Waals surface area contributed by atoms with Gasteiger partial charge in [0.1, 0.15) is 0 Å². The minimum absolute atomic E-state index is 0.0295. The van der Waals surface area contributed by atoms with E-state index >= 15 is 0 Å². The van der Waals surface area contributed by atoms with Crippen molar-refractivity contribution in [3.05, 3.63) is 12.2 Å². The van der Waals surface area contributed by atoms with Crippen molar-refractivity contribution >= 4 is 17.5 Å². The summed E-state index contributed by atoms with van der Waals surface area (Å²) in [5, 5.41) is 10.4. The standard InChI is InChI=1S/C27H48ClN7O2/c28-19-4-8-27(6-2-1-3-7-27)14-21(32-15-19)24(25(29)30)26(36)33-22-16-31-9-5-23(22)35-12-10-34(11-13-35)20-17-37-18-20/h4,8,19-25,31-32H,1-3,5-7,9-18,29-30H2,(H,33,36)/b8-4-. The predicted molar refractivity (Wildman–Crippen MR) is 147 cm³/mol. The van der Waals surface area contributed by atoms with Crippen LogP contribution in [0.5, 0.6) is 0 Å². The number of nitrogens with zero attached hydrogens (tertiary/aromatic N) is 2. The molecule has 1 spiro atoms. The number of alkyl halides is 1. The molecule has 0 radical (unpaired) electrons. The molecule has 210 valence electrons. The summed E-state index contributed by atoms with van der Waals surface area (Å²) in [7, 11) is 0. The molecule has 0 bridgehead atoms. The minimum atomic E-state index is -0.737. The number of carbonyl (C=O) groups is 1. The molecule has 0 aromatic carbocycles. The zero-order chi connectivity index (χ0) is 25.8. The van der Waals surface area contributed by atoms with Crippen LogP contribution in [0.4, 0.5) is 0 Å². The topological polar surface area (TPSA) is 121 Å². The maximum atomic E-state index is 13.9. The lowest BCUT2D eigenvalue weighted by Gasteiger charge is -2.47. The number of halogens is 1. The second-order valence-corrected chi connectivity index (χ2v) is 12.6. The first-order valence-corrected chi connectivity index (χ1v) is 15.0. The van der Waals surface area contributed by atoms with Crippen LogP contribution in [0.3, 0.4) is 0 Å². The van der Waals surface area contributed by atoms with E-state index in [2.05, 4.69) is 37.9 Å². The summed E-state index contributed by atoms with van der Waals surface area (Å²) in [5.41, 5.74) is 12.7. The molecule has 9 nitrogen and oxygen atoms in total. The molecule has 4 aliphatic heterocycles. The fraction of sp³-hybridized carbons (Fsp3) is 0.889. The van der Waals surface area contributed by atoms with E-state index in [0.29, 0.717) is 18.6 Å². The van der Waals surface area contributed by atoms with Crippen molar-refractivity contribution < 1.29 is 9.53 Å². The van der Waals surface area contributed by atoms with Crippen LogP contribution < -0.4 is 27.4 Å². The number of amides is 1. The molecule has 1 aliphatic carbocycles. The van der Waals surface area contributed by atoms with Crippen molar-refractivity contribution in [3.8, 4) is 0 Å². The van der Waals surface area contributed by atoms with Crippen LogP contribution in [0.2, 0.25) is 0 Å². The Balaban J connectivity index is 1.25. The third-order valence-electron chi connectivity index (χ3n) is 9.59. The second-order valence-electron chi connectivity index (χ2n) is 12.1. The fourth-order valence-corrected chi connectivity index (χ4v) is 7.46. The normalized spacial score (nSPS) is 35.9. The van der Waals surface area contributed by atoms with Gasteiger partial charge < -0.3 is 32.2 Å². The molecule has 5 atom stereocenters. The Labute approximate surface area is 227 Å². The van der Waals surface area contributed by atoms with E-state index in [9.17, 15) is 4.79 Å². The summed E-state index contributed by atoms with van der Waals surface area (Å²) < 4.78 is 5.39. The van der Waals surface area contributed by atoms with Crippen molar-refractivity contribution in [2.24, 2.45) is 22.8 Å². The Morgan fingerprint density at radius 2 is 1.81 bits per heavy atom. The van der Waals surface area contributed by atoms with Gasteiger partial charge in [0, 0.05) is 51.4 Å². The highest BCUT2D eigenvalue weighted by molar-refractivity contribution is 6.22. The summed E-state index contributed by atoms with van der Waals surface area (Å²) >= 11 is 6.59. The maximum Gasteiger partial charge on any atom is 0.227 e. The SMILES string of the molecule is NC(N)C(C(=O)NC1CNCCC1N1CCN(C2COC2)CC1)C1CC2(/C=C\C(Cl)CN1)CCCCC2. The Morgan fingerprint density at radius 1 is 1.08 bits per heavy atom. The lowest BCUT2D eigenvalue weighted by molar-refractivity contribution is -0.128. The Kier molecular flexibility index (Phi) is 9.46. The van der Waals surface area contributed by atoms with Crippen LogP contribution in [0.25, 0.3) is 0 Å². The molecule has 5 rings (SSSR count). The van der Waals surface area contributed by atoms with Gasteiger partial charge in [-0.1, -0.05) is 31.4 Å². The first-order valence-electron chi connectivity index (χ1n) is 14.6. The first kappa shape index (κ1) is 27.8. The molecule has 1 saturated carbocycles. The summed E-state index contributed by atoms with van der Waals surface area (Å²) in [6.45, 7) is 8.28. The van der Waals surface area contributed by atoms with E-state index in [-0.39, 0.29) is 28.8 Å². The van der Waals surface area contributed by atoms with E-state index in [0.717, 1.165) is 78.2 Å². The van der Waals surface area contributed by atoms with Crippen LogP contribution in [0.1, 0.15) is 44.9 Å². The van der Waals surface area contributed by atoms with Crippen molar-refractivity contribution in [3.63, 3.8) is 0 Å². The van der Waals surface area contributed by atoms with Gasteiger partial charge in [0.2, 0.25) is 5.91 Å². The molecule has 3 saturated heterocycles. The van der Waals surface area contributed by atoms with Crippen molar-refractivity contribution in [2.45, 2.75) is 80.7 Å². The molecule has 1 amide bonds. The summed E-state index contributed by atoms with van der Waals surface area (Å²) in [5.74, 6) is -0.537. The van der Waals surface area contributed by atoms with Crippen molar-refractivity contribution in [2.75, 3.05) is 59.0 Å². The molecule has 37 heavy (non-hydrogen) atoms.